The Morgan fingerprint density at radius 3 is 2.71 bits per heavy atom. The molecule has 7 nitrogen and oxygen atoms in total. The molecule has 1 fully saturated rings. The number of alkyl halides is 3. The van der Waals surface area contributed by atoms with Crippen LogP contribution in [0.4, 0.5) is 13.2 Å². The van der Waals surface area contributed by atoms with Crippen LogP contribution in [0.3, 0.4) is 0 Å². The molecular formula is C17H19F3N4O3S. The van der Waals surface area contributed by atoms with E-state index in [0.717, 1.165) is 22.7 Å². The standard InChI is InChI=1S/C17H19F3N4O3S/c1-10-6-12(11(2)24(10)9-17(18,19)20)13(25)8-28-16-22-21-14(27-16)7-23-5-3-4-15(23)26/h6H,3-5,7-9H2,1-2H3. The predicted octanol–water partition coefficient (Wildman–Crippen LogP) is 3.15. The summed E-state index contributed by atoms with van der Waals surface area (Å²) < 4.78 is 44.6. The number of carbonyl (C=O) groups excluding carboxylic acids is 2. The molecule has 0 radical (unpaired) electrons. The Kier molecular flexibility index (Phi) is 5.82. The lowest BCUT2D eigenvalue weighted by Gasteiger charge is -2.12. The van der Waals surface area contributed by atoms with Crippen molar-refractivity contribution in [3.05, 3.63) is 28.9 Å². The van der Waals surface area contributed by atoms with Crippen LogP contribution in [0.25, 0.3) is 0 Å². The zero-order valence-electron chi connectivity index (χ0n) is 15.4. The van der Waals surface area contributed by atoms with Gasteiger partial charge < -0.3 is 13.9 Å². The summed E-state index contributed by atoms with van der Waals surface area (Å²) >= 11 is 1.02. The summed E-state index contributed by atoms with van der Waals surface area (Å²) in [5.41, 5.74) is 0.898. The minimum atomic E-state index is -4.36. The molecule has 2 aromatic rings. The number of ketones is 1. The van der Waals surface area contributed by atoms with E-state index in [2.05, 4.69) is 10.2 Å². The van der Waals surface area contributed by atoms with Crippen LogP contribution in [0, 0.1) is 13.8 Å². The smallest absolute Gasteiger partial charge is 0.406 e. The fourth-order valence-electron chi connectivity index (χ4n) is 3.11. The van der Waals surface area contributed by atoms with E-state index >= 15 is 0 Å². The predicted molar refractivity (Wildman–Crippen MR) is 94.0 cm³/mol. The molecule has 1 aliphatic heterocycles. The van der Waals surface area contributed by atoms with E-state index < -0.39 is 12.7 Å². The van der Waals surface area contributed by atoms with Crippen molar-refractivity contribution < 1.29 is 27.2 Å². The summed E-state index contributed by atoms with van der Waals surface area (Å²) in [5, 5.41) is 7.89. The number of Topliss-reactive ketones (excluding diaryl/α,β-unsaturated/α-hetero) is 1. The molecule has 2 aromatic heterocycles. The number of likely N-dealkylation sites (tertiary alicyclic amines) is 1. The lowest BCUT2D eigenvalue weighted by atomic mass is 10.2. The van der Waals surface area contributed by atoms with Gasteiger partial charge in [-0.25, -0.2) is 0 Å². The minimum absolute atomic E-state index is 0.0387. The third-order valence-corrected chi connectivity index (χ3v) is 5.30. The van der Waals surface area contributed by atoms with Gasteiger partial charge in [0.2, 0.25) is 11.8 Å². The van der Waals surface area contributed by atoms with Gasteiger partial charge in [0.05, 0.1) is 12.3 Å². The van der Waals surface area contributed by atoms with E-state index in [1.54, 1.807) is 4.90 Å². The van der Waals surface area contributed by atoms with Crippen LogP contribution in [0.15, 0.2) is 15.7 Å². The summed E-state index contributed by atoms with van der Waals surface area (Å²) in [6.07, 6.45) is -3.05. The highest BCUT2D eigenvalue weighted by Crippen LogP contribution is 2.25. The monoisotopic (exact) mass is 416 g/mol. The number of aromatic nitrogens is 3. The van der Waals surface area contributed by atoms with Crippen LogP contribution in [0.2, 0.25) is 0 Å². The molecule has 0 spiro atoms. The normalized spacial score (nSPS) is 14.9. The number of aryl methyl sites for hydroxylation is 1. The van der Waals surface area contributed by atoms with Crippen LogP contribution in [0.5, 0.6) is 0 Å². The number of thioether (sulfide) groups is 1. The average Bonchev–Trinajstić information content (AvgIpc) is 3.29. The number of nitrogens with zero attached hydrogens (tertiary/aromatic N) is 4. The van der Waals surface area contributed by atoms with E-state index in [0.29, 0.717) is 18.7 Å². The van der Waals surface area contributed by atoms with Crippen molar-refractivity contribution in [1.29, 1.82) is 0 Å². The lowest BCUT2D eigenvalue weighted by Crippen LogP contribution is -2.23. The van der Waals surface area contributed by atoms with E-state index in [1.807, 2.05) is 0 Å². The molecule has 0 N–H and O–H groups in total. The Balaban J connectivity index is 1.60. The zero-order chi connectivity index (χ0) is 20.5. The topological polar surface area (TPSA) is 81.2 Å². The maximum absolute atomic E-state index is 12.7. The van der Waals surface area contributed by atoms with E-state index in [9.17, 15) is 22.8 Å². The van der Waals surface area contributed by atoms with Gasteiger partial charge in [0.25, 0.3) is 5.22 Å². The van der Waals surface area contributed by atoms with Gasteiger partial charge >= 0.3 is 6.18 Å². The van der Waals surface area contributed by atoms with Gasteiger partial charge in [-0.15, -0.1) is 10.2 Å². The molecule has 1 amide bonds. The molecule has 0 aliphatic carbocycles. The van der Waals surface area contributed by atoms with Gasteiger partial charge in [-0.3, -0.25) is 9.59 Å². The number of amides is 1. The molecule has 0 atom stereocenters. The second-order valence-corrected chi connectivity index (χ2v) is 7.51. The quantitative estimate of drug-likeness (QED) is 0.510. The van der Waals surface area contributed by atoms with Crippen molar-refractivity contribution in [2.45, 2.75) is 51.2 Å². The molecule has 11 heteroatoms. The summed E-state index contributed by atoms with van der Waals surface area (Å²) in [6.45, 7) is 2.78. The van der Waals surface area contributed by atoms with Gasteiger partial charge in [-0.1, -0.05) is 11.8 Å². The molecule has 1 saturated heterocycles. The van der Waals surface area contributed by atoms with Gasteiger partial charge in [-0.05, 0) is 26.3 Å². The molecule has 28 heavy (non-hydrogen) atoms. The van der Waals surface area contributed by atoms with E-state index in [4.69, 9.17) is 4.42 Å². The van der Waals surface area contributed by atoms with E-state index in [1.165, 1.54) is 19.9 Å². The van der Waals surface area contributed by atoms with Crippen molar-refractivity contribution in [1.82, 2.24) is 19.7 Å². The van der Waals surface area contributed by atoms with Crippen molar-refractivity contribution in [2.75, 3.05) is 12.3 Å². The molecule has 3 heterocycles. The Morgan fingerprint density at radius 2 is 2.07 bits per heavy atom. The molecule has 0 aromatic carbocycles. The highest BCUT2D eigenvalue weighted by molar-refractivity contribution is 7.99. The second kappa shape index (κ2) is 7.98. The third-order valence-electron chi connectivity index (χ3n) is 4.48. The number of halogens is 3. The van der Waals surface area contributed by atoms with Crippen molar-refractivity contribution in [3.8, 4) is 0 Å². The molecule has 1 aliphatic rings. The molecule has 0 unspecified atom stereocenters. The average molecular weight is 416 g/mol. The second-order valence-electron chi connectivity index (χ2n) is 6.58. The zero-order valence-corrected chi connectivity index (χ0v) is 16.2. The van der Waals surface area contributed by atoms with Crippen molar-refractivity contribution in [2.24, 2.45) is 0 Å². The molecule has 0 bridgehead atoms. The largest absolute Gasteiger partial charge is 0.414 e. The Hall–Kier alpha value is -2.30. The number of carbonyl (C=O) groups is 2. The highest BCUT2D eigenvalue weighted by Gasteiger charge is 2.30. The van der Waals surface area contributed by atoms with Crippen LogP contribution in [0.1, 0.15) is 40.5 Å². The van der Waals surface area contributed by atoms with Crippen LogP contribution < -0.4 is 0 Å². The van der Waals surface area contributed by atoms with Gasteiger partial charge in [0.15, 0.2) is 5.78 Å². The number of hydrogen-bond acceptors (Lipinski definition) is 6. The van der Waals surface area contributed by atoms with Crippen LogP contribution >= 0.6 is 11.8 Å². The first-order valence-corrected chi connectivity index (χ1v) is 9.62. The van der Waals surface area contributed by atoms with Gasteiger partial charge in [0.1, 0.15) is 6.54 Å². The highest BCUT2D eigenvalue weighted by atomic mass is 32.2. The first kappa shape index (κ1) is 20.4. The summed E-state index contributed by atoms with van der Waals surface area (Å²) in [5.74, 6) is -0.0352. The first-order chi connectivity index (χ1) is 13.1. The summed E-state index contributed by atoms with van der Waals surface area (Å²) in [7, 11) is 0. The summed E-state index contributed by atoms with van der Waals surface area (Å²) in [6, 6.07) is 1.46. The fraction of sp³-hybridized carbons (Fsp3) is 0.529. The van der Waals surface area contributed by atoms with Crippen LogP contribution in [-0.4, -0.2) is 49.8 Å². The van der Waals surface area contributed by atoms with Gasteiger partial charge in [-0.2, -0.15) is 13.2 Å². The van der Waals surface area contributed by atoms with Crippen molar-refractivity contribution >= 4 is 23.5 Å². The third kappa shape index (κ3) is 4.75. The maximum atomic E-state index is 12.7. The first-order valence-electron chi connectivity index (χ1n) is 8.63. The molecule has 152 valence electrons. The van der Waals surface area contributed by atoms with E-state index in [-0.39, 0.29) is 46.4 Å². The lowest BCUT2D eigenvalue weighted by molar-refractivity contribution is -0.141. The molecule has 0 saturated carbocycles. The molecular weight excluding hydrogens is 397 g/mol. The Morgan fingerprint density at radius 1 is 1.32 bits per heavy atom. The number of hydrogen-bond donors (Lipinski definition) is 0. The molecule has 3 rings (SSSR count). The Labute approximate surface area is 163 Å². The van der Waals surface area contributed by atoms with Gasteiger partial charge in [0, 0.05) is 29.9 Å². The summed E-state index contributed by atoms with van der Waals surface area (Å²) in [4.78, 5) is 25.7. The number of rotatable bonds is 7. The van der Waals surface area contributed by atoms with Crippen molar-refractivity contribution in [3.63, 3.8) is 0 Å². The van der Waals surface area contributed by atoms with Crippen LogP contribution in [-0.2, 0) is 17.9 Å². The Bertz CT molecular complexity index is 891. The fourth-order valence-corrected chi connectivity index (χ4v) is 3.77. The SMILES string of the molecule is Cc1cc(C(=O)CSc2nnc(CN3CCCC3=O)o2)c(C)n1CC(F)(F)F. The maximum Gasteiger partial charge on any atom is 0.406 e. The minimum Gasteiger partial charge on any atom is -0.414 e.